The number of hydrogen-bond donors (Lipinski definition) is 1. The number of imidazole rings is 1. The Kier molecular flexibility index (Phi) is 3.45. The number of morpholine rings is 1. The summed E-state index contributed by atoms with van der Waals surface area (Å²) in [5.74, 6) is 1.02. The number of rotatable bonds is 3. The van der Waals surface area contributed by atoms with Crippen LogP contribution in [0.1, 0.15) is 31.1 Å². The SMILES string of the molecule is c1cc(-c2cnc([C@@H]3COCCN3C3CCC3)[nH]2)ccn1. The van der Waals surface area contributed by atoms with Crippen LogP contribution in [0.4, 0.5) is 0 Å². The number of H-pyrrole nitrogens is 1. The number of nitrogens with one attached hydrogen (secondary N) is 1. The van der Waals surface area contributed by atoms with E-state index in [-0.39, 0.29) is 6.04 Å². The smallest absolute Gasteiger partial charge is 0.126 e. The quantitative estimate of drug-likeness (QED) is 0.940. The van der Waals surface area contributed by atoms with Crippen LogP contribution < -0.4 is 0 Å². The third-order valence-corrected chi connectivity index (χ3v) is 4.62. The molecule has 110 valence electrons. The monoisotopic (exact) mass is 284 g/mol. The first kappa shape index (κ1) is 13.0. The van der Waals surface area contributed by atoms with Gasteiger partial charge >= 0.3 is 0 Å². The van der Waals surface area contributed by atoms with Gasteiger partial charge in [-0.3, -0.25) is 9.88 Å². The molecule has 21 heavy (non-hydrogen) atoms. The van der Waals surface area contributed by atoms with E-state index >= 15 is 0 Å². The summed E-state index contributed by atoms with van der Waals surface area (Å²) < 4.78 is 5.69. The Morgan fingerprint density at radius 2 is 2.10 bits per heavy atom. The summed E-state index contributed by atoms with van der Waals surface area (Å²) >= 11 is 0. The lowest BCUT2D eigenvalue weighted by Crippen LogP contribution is -2.48. The molecule has 0 spiro atoms. The third kappa shape index (κ3) is 2.47. The molecule has 1 atom stereocenters. The first-order valence-corrected chi connectivity index (χ1v) is 7.70. The van der Waals surface area contributed by atoms with Crippen LogP contribution in [0.25, 0.3) is 11.3 Å². The van der Waals surface area contributed by atoms with E-state index in [0.29, 0.717) is 6.04 Å². The average molecular weight is 284 g/mol. The second kappa shape index (κ2) is 5.58. The summed E-state index contributed by atoms with van der Waals surface area (Å²) in [6, 6.07) is 4.98. The van der Waals surface area contributed by atoms with Gasteiger partial charge in [-0.2, -0.15) is 0 Å². The van der Waals surface area contributed by atoms with Gasteiger partial charge in [0.25, 0.3) is 0 Å². The first-order chi connectivity index (χ1) is 10.4. The highest BCUT2D eigenvalue weighted by Gasteiger charge is 2.34. The molecule has 1 aliphatic carbocycles. The molecule has 0 unspecified atom stereocenters. The molecule has 5 nitrogen and oxygen atoms in total. The minimum atomic E-state index is 0.264. The Labute approximate surface area is 124 Å². The van der Waals surface area contributed by atoms with Gasteiger partial charge in [-0.15, -0.1) is 0 Å². The van der Waals surface area contributed by atoms with Crippen molar-refractivity contribution in [3.63, 3.8) is 0 Å². The Morgan fingerprint density at radius 1 is 1.24 bits per heavy atom. The van der Waals surface area contributed by atoms with Crippen molar-refractivity contribution >= 4 is 0 Å². The van der Waals surface area contributed by atoms with Gasteiger partial charge in [-0.25, -0.2) is 4.98 Å². The Hall–Kier alpha value is -1.72. The summed E-state index contributed by atoms with van der Waals surface area (Å²) in [5, 5.41) is 0. The highest BCUT2D eigenvalue weighted by Crippen LogP contribution is 2.33. The van der Waals surface area contributed by atoms with Crippen LogP contribution >= 0.6 is 0 Å². The maximum Gasteiger partial charge on any atom is 0.126 e. The van der Waals surface area contributed by atoms with Crippen LogP contribution in [0, 0.1) is 0 Å². The maximum absolute atomic E-state index is 5.69. The highest BCUT2D eigenvalue weighted by molar-refractivity contribution is 5.57. The maximum atomic E-state index is 5.69. The third-order valence-electron chi connectivity index (χ3n) is 4.62. The molecule has 1 N–H and O–H groups in total. The standard InChI is InChI=1S/C16H20N4O/c1-2-13(3-1)20-8-9-21-11-15(20)16-18-10-14(19-16)12-4-6-17-7-5-12/h4-7,10,13,15H,1-3,8-9,11H2,(H,18,19)/t15-/m0/s1. The van der Waals surface area contributed by atoms with Crippen molar-refractivity contribution in [3.05, 3.63) is 36.5 Å². The summed E-state index contributed by atoms with van der Waals surface area (Å²) in [4.78, 5) is 14.7. The summed E-state index contributed by atoms with van der Waals surface area (Å²) in [6.45, 7) is 2.59. The van der Waals surface area contributed by atoms with E-state index < -0.39 is 0 Å². The Bertz CT molecular complexity index is 593. The van der Waals surface area contributed by atoms with Crippen LogP contribution in [0.3, 0.4) is 0 Å². The van der Waals surface area contributed by atoms with Crippen molar-refractivity contribution in [2.45, 2.75) is 31.3 Å². The van der Waals surface area contributed by atoms with Crippen LogP contribution in [0.2, 0.25) is 0 Å². The van der Waals surface area contributed by atoms with Crippen molar-refractivity contribution in [3.8, 4) is 11.3 Å². The Morgan fingerprint density at radius 3 is 2.86 bits per heavy atom. The van der Waals surface area contributed by atoms with Crippen molar-refractivity contribution in [2.75, 3.05) is 19.8 Å². The molecule has 3 heterocycles. The molecule has 2 aromatic rings. The van der Waals surface area contributed by atoms with Crippen LogP contribution in [-0.2, 0) is 4.74 Å². The molecule has 2 aromatic heterocycles. The van der Waals surface area contributed by atoms with Gasteiger partial charge in [0, 0.05) is 30.5 Å². The molecule has 4 rings (SSSR count). The largest absolute Gasteiger partial charge is 0.378 e. The average Bonchev–Trinajstić information content (AvgIpc) is 2.97. The van der Waals surface area contributed by atoms with Gasteiger partial charge in [0.1, 0.15) is 5.82 Å². The molecule has 2 fully saturated rings. The van der Waals surface area contributed by atoms with Gasteiger partial charge in [-0.05, 0) is 25.0 Å². The first-order valence-electron chi connectivity index (χ1n) is 7.70. The number of nitrogens with zero attached hydrogens (tertiary/aromatic N) is 3. The molecule has 0 aromatic carbocycles. The lowest BCUT2D eigenvalue weighted by Gasteiger charge is -2.44. The van der Waals surface area contributed by atoms with E-state index in [2.05, 4.69) is 19.9 Å². The lowest BCUT2D eigenvalue weighted by molar-refractivity contribution is -0.0494. The van der Waals surface area contributed by atoms with E-state index in [9.17, 15) is 0 Å². The number of hydrogen-bond acceptors (Lipinski definition) is 4. The number of aromatic amines is 1. The molecule has 0 amide bonds. The molecule has 1 aliphatic heterocycles. The fourth-order valence-corrected chi connectivity index (χ4v) is 3.19. The second-order valence-electron chi connectivity index (χ2n) is 5.83. The number of aromatic nitrogens is 3. The zero-order chi connectivity index (χ0) is 14.1. The topological polar surface area (TPSA) is 54.0 Å². The zero-order valence-corrected chi connectivity index (χ0v) is 12.0. The molecule has 0 radical (unpaired) electrons. The van der Waals surface area contributed by atoms with Crippen molar-refractivity contribution in [1.82, 2.24) is 19.9 Å². The number of pyridine rings is 1. The van der Waals surface area contributed by atoms with Gasteiger partial charge in [0.05, 0.1) is 31.1 Å². The van der Waals surface area contributed by atoms with E-state index in [0.717, 1.165) is 36.8 Å². The van der Waals surface area contributed by atoms with Crippen LogP contribution in [-0.4, -0.2) is 45.7 Å². The van der Waals surface area contributed by atoms with E-state index in [4.69, 9.17) is 4.74 Å². The van der Waals surface area contributed by atoms with Crippen molar-refractivity contribution < 1.29 is 4.74 Å². The van der Waals surface area contributed by atoms with E-state index in [1.165, 1.54) is 19.3 Å². The van der Waals surface area contributed by atoms with Gasteiger partial charge in [0.15, 0.2) is 0 Å². The second-order valence-corrected chi connectivity index (χ2v) is 5.83. The molecule has 1 saturated carbocycles. The summed E-state index contributed by atoms with van der Waals surface area (Å²) in [5.41, 5.74) is 2.17. The van der Waals surface area contributed by atoms with Gasteiger partial charge < -0.3 is 9.72 Å². The molecule has 2 aliphatic rings. The molecular weight excluding hydrogens is 264 g/mol. The summed E-state index contributed by atoms with van der Waals surface area (Å²) in [7, 11) is 0. The van der Waals surface area contributed by atoms with Gasteiger partial charge in [-0.1, -0.05) is 6.42 Å². The molecule has 1 saturated heterocycles. The summed E-state index contributed by atoms with van der Waals surface area (Å²) in [6.07, 6.45) is 9.51. The minimum Gasteiger partial charge on any atom is -0.378 e. The molecule has 0 bridgehead atoms. The predicted octanol–water partition coefficient (Wildman–Crippen LogP) is 2.40. The number of ether oxygens (including phenoxy) is 1. The minimum absolute atomic E-state index is 0.264. The predicted molar refractivity (Wildman–Crippen MR) is 79.7 cm³/mol. The fourth-order valence-electron chi connectivity index (χ4n) is 3.19. The van der Waals surface area contributed by atoms with Crippen molar-refractivity contribution in [2.24, 2.45) is 0 Å². The Balaban J connectivity index is 1.58. The van der Waals surface area contributed by atoms with Crippen LogP contribution in [0.5, 0.6) is 0 Å². The zero-order valence-electron chi connectivity index (χ0n) is 12.0. The van der Waals surface area contributed by atoms with Gasteiger partial charge in [0.2, 0.25) is 0 Å². The van der Waals surface area contributed by atoms with Crippen molar-refractivity contribution in [1.29, 1.82) is 0 Å². The lowest BCUT2D eigenvalue weighted by atomic mass is 9.90. The van der Waals surface area contributed by atoms with E-state index in [1.54, 1.807) is 12.4 Å². The van der Waals surface area contributed by atoms with E-state index in [1.807, 2.05) is 18.3 Å². The molecular formula is C16H20N4O. The normalized spacial score (nSPS) is 23.9. The highest BCUT2D eigenvalue weighted by atomic mass is 16.5. The fraction of sp³-hybridized carbons (Fsp3) is 0.500. The van der Waals surface area contributed by atoms with Crippen LogP contribution in [0.15, 0.2) is 30.7 Å². The molecule has 5 heteroatoms.